The Morgan fingerprint density at radius 2 is 1.75 bits per heavy atom. The standard InChI is InChI=1S/C2H2Cl.Ti/c1-2-3;/h1H2;/q-1;. The summed E-state index contributed by atoms with van der Waals surface area (Å²) >= 11 is 4.64. The molecule has 4 heavy (non-hydrogen) atoms. The molecule has 0 saturated heterocycles. The van der Waals surface area contributed by atoms with Crippen LogP contribution in [0.25, 0.3) is 0 Å². The van der Waals surface area contributed by atoms with E-state index in [0.29, 0.717) is 0 Å². The van der Waals surface area contributed by atoms with Crippen LogP contribution in [-0.4, -0.2) is 0 Å². The van der Waals surface area contributed by atoms with Crippen molar-refractivity contribution in [2.75, 3.05) is 0 Å². The fourth-order valence-electron chi connectivity index (χ4n) is 0. The first-order valence-electron chi connectivity index (χ1n) is 0.543. The molecule has 22 valence electrons. The van der Waals surface area contributed by atoms with E-state index in [0.717, 1.165) is 0 Å². The Labute approximate surface area is 45.7 Å². The van der Waals surface area contributed by atoms with Gasteiger partial charge >= 0.3 is 0 Å². The fourth-order valence-corrected chi connectivity index (χ4v) is 0. The molecule has 0 aromatic carbocycles. The first-order valence-corrected chi connectivity index (χ1v) is 0.921. The van der Waals surface area contributed by atoms with Gasteiger partial charge in [-0.15, -0.1) is 0 Å². The second-order valence-corrected chi connectivity index (χ2v) is 0.401. The summed E-state index contributed by atoms with van der Waals surface area (Å²) in [6, 6.07) is 0. The molecule has 0 rings (SSSR count). The third-order valence-corrected chi connectivity index (χ3v) is 0. The maximum absolute atomic E-state index is 4.64. The molecule has 2 heteroatoms. The van der Waals surface area contributed by atoms with E-state index in [-0.39, 0.29) is 21.7 Å². The molecule has 0 heterocycles. The largest absolute Gasteiger partial charge is 0.406 e. The number of hydrogen-bond donors (Lipinski definition) is 0. The van der Waals surface area contributed by atoms with E-state index in [4.69, 9.17) is 0 Å². The van der Waals surface area contributed by atoms with Crippen molar-refractivity contribution in [1.82, 2.24) is 0 Å². The minimum atomic E-state index is 0. The zero-order valence-electron chi connectivity index (χ0n) is 2.09. The van der Waals surface area contributed by atoms with Crippen LogP contribution < -0.4 is 0 Å². The smallest absolute Gasteiger partial charge is 0 e. The monoisotopic (exact) mass is 109 g/mol. The van der Waals surface area contributed by atoms with E-state index < -0.39 is 0 Å². The summed E-state index contributed by atoms with van der Waals surface area (Å²) in [6.07, 6.45) is 0. The summed E-state index contributed by atoms with van der Waals surface area (Å²) < 4.78 is 0. The molecular formula is C2H2ClTi-. The molecule has 0 aliphatic carbocycles. The minimum Gasteiger partial charge on any atom is -0.406 e. The second-order valence-electron chi connectivity index (χ2n) is 0.134. The van der Waals surface area contributed by atoms with E-state index >= 15 is 0 Å². The van der Waals surface area contributed by atoms with E-state index in [1.54, 1.807) is 0 Å². The summed E-state index contributed by atoms with van der Waals surface area (Å²) in [5, 5.41) is 0. The molecule has 0 aromatic rings. The van der Waals surface area contributed by atoms with Crippen molar-refractivity contribution in [3.63, 3.8) is 0 Å². The molecule has 0 fully saturated rings. The maximum atomic E-state index is 4.64. The van der Waals surface area contributed by atoms with E-state index in [1.165, 1.54) is 0 Å². The Bertz CT molecular complexity index is 13.5. The quantitative estimate of drug-likeness (QED) is 0.324. The molecule has 0 radical (unpaired) electrons. The third-order valence-electron chi connectivity index (χ3n) is 0. The van der Waals surface area contributed by atoms with Crippen LogP contribution in [0, 0.1) is 5.54 Å². The Balaban J connectivity index is 0. The van der Waals surface area contributed by atoms with Crippen LogP contribution in [0.5, 0.6) is 0 Å². The van der Waals surface area contributed by atoms with Crippen LogP contribution >= 0.6 is 11.6 Å². The van der Waals surface area contributed by atoms with Gasteiger partial charge in [0.2, 0.25) is 0 Å². The Hall–Kier alpha value is 0.744. The van der Waals surface area contributed by atoms with E-state index in [2.05, 4.69) is 18.2 Å². The van der Waals surface area contributed by atoms with Crippen molar-refractivity contribution in [1.29, 1.82) is 0 Å². The molecule has 0 bridgehead atoms. The third kappa shape index (κ3) is 15.1. The van der Waals surface area contributed by atoms with Gasteiger partial charge in [-0.3, -0.25) is 6.58 Å². The average molecular weight is 109 g/mol. The first-order chi connectivity index (χ1) is 1.41. The van der Waals surface area contributed by atoms with Crippen molar-refractivity contribution in [2.24, 2.45) is 0 Å². The SMILES string of the molecule is C=[C-]Cl.[Ti]. The summed E-state index contributed by atoms with van der Waals surface area (Å²) in [4.78, 5) is 0. The summed E-state index contributed by atoms with van der Waals surface area (Å²) in [5.41, 5.74) is 1.97. The molecule has 0 unspecified atom stereocenters. The van der Waals surface area contributed by atoms with Crippen molar-refractivity contribution in [2.45, 2.75) is 0 Å². The molecule has 0 N–H and O–H groups in total. The van der Waals surface area contributed by atoms with Gasteiger partial charge in [0.25, 0.3) is 0 Å². The van der Waals surface area contributed by atoms with Crippen LogP contribution in [0.2, 0.25) is 0 Å². The molecule has 0 spiro atoms. The van der Waals surface area contributed by atoms with Crippen LogP contribution in [0.15, 0.2) is 6.58 Å². The molecule has 0 atom stereocenters. The van der Waals surface area contributed by atoms with E-state index in [9.17, 15) is 0 Å². The summed E-state index contributed by atoms with van der Waals surface area (Å²) in [5.74, 6) is 0. The minimum absolute atomic E-state index is 0. The van der Waals surface area contributed by atoms with Gasteiger partial charge in [0.15, 0.2) is 0 Å². The predicted molar refractivity (Wildman–Crippen MR) is 14.7 cm³/mol. The van der Waals surface area contributed by atoms with Crippen LogP contribution in [0.4, 0.5) is 0 Å². The Morgan fingerprint density at radius 1 is 1.75 bits per heavy atom. The molecule has 0 aliphatic heterocycles. The maximum Gasteiger partial charge on any atom is 0 e. The molecule has 0 aromatic heterocycles. The van der Waals surface area contributed by atoms with Gasteiger partial charge in [0, 0.05) is 21.7 Å². The molecule has 0 aliphatic rings. The average Bonchev–Trinajstić information content (AvgIpc) is 0.918. The number of halogens is 1. The van der Waals surface area contributed by atoms with Crippen LogP contribution in [0.1, 0.15) is 0 Å². The zero-order chi connectivity index (χ0) is 2.71. The van der Waals surface area contributed by atoms with Crippen molar-refractivity contribution in [3.05, 3.63) is 12.1 Å². The van der Waals surface area contributed by atoms with Gasteiger partial charge in [-0.25, -0.2) is 0 Å². The first kappa shape index (κ1) is 8.83. The van der Waals surface area contributed by atoms with Crippen LogP contribution in [-0.2, 0) is 21.7 Å². The van der Waals surface area contributed by atoms with E-state index in [1.807, 2.05) is 5.54 Å². The van der Waals surface area contributed by atoms with Crippen molar-refractivity contribution < 1.29 is 21.7 Å². The van der Waals surface area contributed by atoms with Gasteiger partial charge in [-0.2, -0.15) is 0 Å². The summed E-state index contributed by atoms with van der Waals surface area (Å²) in [6.45, 7) is 3.00. The second kappa shape index (κ2) is 9.27. The van der Waals surface area contributed by atoms with Gasteiger partial charge in [0.1, 0.15) is 0 Å². The van der Waals surface area contributed by atoms with Gasteiger partial charge in [-0.05, 0) is 0 Å². The van der Waals surface area contributed by atoms with Crippen molar-refractivity contribution >= 4 is 11.6 Å². The Morgan fingerprint density at radius 3 is 1.75 bits per heavy atom. The normalized spacial score (nSPS) is 3.25. The number of rotatable bonds is 0. The zero-order valence-corrected chi connectivity index (χ0v) is 4.40. The summed E-state index contributed by atoms with van der Waals surface area (Å²) in [7, 11) is 0. The fraction of sp³-hybridized carbons (Fsp3) is 0. The predicted octanol–water partition coefficient (Wildman–Crippen LogP) is 1.17. The Kier molecular flexibility index (Phi) is 20.5. The van der Waals surface area contributed by atoms with Crippen molar-refractivity contribution in [3.8, 4) is 0 Å². The molecular weight excluding hydrogens is 107 g/mol. The van der Waals surface area contributed by atoms with Gasteiger partial charge < -0.3 is 17.1 Å². The number of hydrogen-bond acceptors (Lipinski definition) is 0. The van der Waals surface area contributed by atoms with Gasteiger partial charge in [0.05, 0.1) is 0 Å². The topological polar surface area (TPSA) is 0 Å². The molecule has 0 saturated carbocycles. The van der Waals surface area contributed by atoms with Crippen LogP contribution in [0.3, 0.4) is 0 Å². The molecule has 0 nitrogen and oxygen atoms in total. The molecule has 0 amide bonds. The van der Waals surface area contributed by atoms with Gasteiger partial charge in [-0.1, -0.05) is 0 Å².